The fourth-order valence-electron chi connectivity index (χ4n) is 3.85. The van der Waals surface area contributed by atoms with Crippen molar-refractivity contribution in [2.24, 2.45) is 0 Å². The Balaban J connectivity index is 1.81. The van der Waals surface area contributed by atoms with E-state index in [0.717, 1.165) is 24.4 Å². The molecule has 1 N–H and O–H groups in total. The van der Waals surface area contributed by atoms with Crippen LogP contribution < -0.4 is 4.72 Å². The predicted octanol–water partition coefficient (Wildman–Crippen LogP) is 1.72. The summed E-state index contributed by atoms with van der Waals surface area (Å²) in [6.45, 7) is 3.99. The summed E-state index contributed by atoms with van der Waals surface area (Å²) < 4.78 is 61.6. The summed E-state index contributed by atoms with van der Waals surface area (Å²) in [7, 11) is -2.90. The number of rotatable bonds is 8. The van der Waals surface area contributed by atoms with Crippen molar-refractivity contribution in [1.29, 1.82) is 0 Å². The third kappa shape index (κ3) is 5.04. The maximum Gasteiger partial charge on any atom is 0.201 e. The topological polar surface area (TPSA) is 125 Å². The predicted molar refractivity (Wildman–Crippen MR) is 113 cm³/mol. The molecule has 4 rings (SSSR count). The molecule has 4 heterocycles. The van der Waals surface area contributed by atoms with Crippen molar-refractivity contribution in [3.8, 4) is 5.69 Å². The molecule has 1 aliphatic heterocycles. The number of nitrogens with zero attached hydrogens (tertiary/aromatic N) is 6. The van der Waals surface area contributed by atoms with Gasteiger partial charge in [-0.2, -0.15) is 0 Å². The molecule has 3 atom stereocenters. The molecule has 1 fully saturated rings. The molecule has 0 radical (unpaired) electrons. The lowest BCUT2D eigenvalue weighted by Crippen LogP contribution is -2.34. The van der Waals surface area contributed by atoms with Crippen LogP contribution in [0.4, 0.5) is 8.78 Å². The molecule has 1 saturated heterocycles. The number of pyridine rings is 1. The summed E-state index contributed by atoms with van der Waals surface area (Å²) in [4.78, 5) is 12.2. The highest BCUT2D eigenvalue weighted by Crippen LogP contribution is 2.32. The van der Waals surface area contributed by atoms with Gasteiger partial charge in [-0.3, -0.25) is 9.55 Å². The van der Waals surface area contributed by atoms with Gasteiger partial charge < -0.3 is 4.74 Å². The van der Waals surface area contributed by atoms with Crippen LogP contribution in [-0.2, 0) is 22.0 Å². The van der Waals surface area contributed by atoms with Crippen molar-refractivity contribution in [2.45, 2.75) is 51.2 Å². The van der Waals surface area contributed by atoms with E-state index in [-0.39, 0.29) is 23.8 Å². The van der Waals surface area contributed by atoms with Crippen LogP contribution in [-0.4, -0.2) is 50.8 Å². The van der Waals surface area contributed by atoms with E-state index in [1.807, 2.05) is 6.92 Å². The highest BCUT2D eigenvalue weighted by molar-refractivity contribution is 7.70. The summed E-state index contributed by atoms with van der Waals surface area (Å²) in [5.74, 6) is -1.51. The highest BCUT2D eigenvalue weighted by Gasteiger charge is 2.32. The molecule has 0 unspecified atom stereocenters. The Morgan fingerprint density at radius 1 is 1.18 bits per heavy atom. The first kappa shape index (κ1) is 23.3. The molecule has 0 aliphatic carbocycles. The average Bonchev–Trinajstić information content (AvgIpc) is 3.42. The van der Waals surface area contributed by atoms with Crippen molar-refractivity contribution in [3.63, 3.8) is 0 Å². The maximum absolute atomic E-state index is 14.8. The number of nitrogens with one attached hydrogen (secondary N) is 1. The molecule has 13 heteroatoms. The molecule has 0 spiro atoms. The van der Waals surface area contributed by atoms with E-state index in [9.17, 15) is 17.2 Å². The monoisotopic (exact) mass is 479 g/mol. The summed E-state index contributed by atoms with van der Waals surface area (Å²) in [6.07, 6.45) is 6.05. The van der Waals surface area contributed by atoms with E-state index in [1.54, 1.807) is 19.3 Å². The molecule has 0 bridgehead atoms. The number of hydrogen-bond donors (Lipinski definition) is 2. The lowest BCUT2D eigenvalue weighted by atomic mass is 9.96. The van der Waals surface area contributed by atoms with Gasteiger partial charge in [-0.25, -0.2) is 31.9 Å². The summed E-state index contributed by atoms with van der Waals surface area (Å²) in [5.41, 5.74) is 0.465. The SMILES string of the molecule is Cc1cnc([C@H](Cc2nnc([C@@H]3CCCO3)n2-c2c(F)cncc2F)[C@@H](C)N[SH](=O)=O)nc1. The first-order chi connectivity index (χ1) is 15.8. The molecule has 0 saturated carbocycles. The largest absolute Gasteiger partial charge is 0.370 e. The van der Waals surface area contributed by atoms with Crippen LogP contribution in [0.25, 0.3) is 5.69 Å². The lowest BCUT2D eigenvalue weighted by Gasteiger charge is -2.22. The van der Waals surface area contributed by atoms with Gasteiger partial charge in [0, 0.05) is 37.4 Å². The van der Waals surface area contributed by atoms with Crippen molar-refractivity contribution >= 4 is 10.9 Å². The Kier molecular flexibility index (Phi) is 7.00. The normalized spacial score (nSPS) is 18.0. The second-order valence-corrected chi connectivity index (χ2v) is 8.64. The first-order valence-electron chi connectivity index (χ1n) is 10.4. The first-order valence-corrected chi connectivity index (χ1v) is 11.6. The Hall–Kier alpha value is -2.90. The molecule has 3 aromatic rings. The van der Waals surface area contributed by atoms with Crippen LogP contribution in [0.5, 0.6) is 0 Å². The van der Waals surface area contributed by atoms with E-state index in [2.05, 4.69) is 29.9 Å². The number of hydrogen-bond acceptors (Lipinski definition) is 8. The molecule has 0 aromatic carbocycles. The van der Waals surface area contributed by atoms with Gasteiger partial charge in [0.05, 0.1) is 12.4 Å². The molecule has 0 amide bonds. The average molecular weight is 480 g/mol. The van der Waals surface area contributed by atoms with Crippen molar-refractivity contribution in [3.05, 3.63) is 59.5 Å². The minimum atomic E-state index is -2.90. The van der Waals surface area contributed by atoms with Gasteiger partial charge in [-0.05, 0) is 32.3 Å². The third-order valence-corrected chi connectivity index (χ3v) is 6.09. The van der Waals surface area contributed by atoms with E-state index >= 15 is 0 Å². The molecule has 33 heavy (non-hydrogen) atoms. The quantitative estimate of drug-likeness (QED) is 0.468. The number of halogens is 2. The van der Waals surface area contributed by atoms with Gasteiger partial charge >= 0.3 is 0 Å². The Bertz CT molecular complexity index is 1170. The molecule has 176 valence electrons. The van der Waals surface area contributed by atoms with Gasteiger partial charge in [0.15, 0.2) is 17.5 Å². The molecule has 3 aromatic heterocycles. The van der Waals surface area contributed by atoms with Crippen LogP contribution in [0.1, 0.15) is 54.8 Å². The van der Waals surface area contributed by atoms with Crippen LogP contribution in [0.15, 0.2) is 24.8 Å². The summed E-state index contributed by atoms with van der Waals surface area (Å²) >= 11 is 0. The maximum atomic E-state index is 14.8. The Morgan fingerprint density at radius 3 is 2.48 bits per heavy atom. The smallest absolute Gasteiger partial charge is 0.201 e. The van der Waals surface area contributed by atoms with Gasteiger partial charge in [-0.15, -0.1) is 10.2 Å². The zero-order chi connectivity index (χ0) is 23.5. The van der Waals surface area contributed by atoms with Crippen LogP contribution >= 0.6 is 0 Å². The number of aromatic nitrogens is 6. The molecule has 1 aliphatic rings. The lowest BCUT2D eigenvalue weighted by molar-refractivity contribution is 0.103. The second-order valence-electron chi connectivity index (χ2n) is 7.87. The standard InChI is InChI=1S/C20H23F2N7O3S/c1-11-7-24-19(25-8-11)13(12(2)28-33(30)31)6-17-26-27-20(16-4-3-5-32-16)29(17)18-14(21)9-23-10-15(18)22/h7-10,12-13,16,33H,3-6H2,1-2H3,(H,28,30,31)/t12-,13-,16+/m1/s1. The minimum absolute atomic E-state index is 0.0569. The van der Waals surface area contributed by atoms with Gasteiger partial charge in [0.25, 0.3) is 0 Å². The molecule has 10 nitrogen and oxygen atoms in total. The van der Waals surface area contributed by atoms with Crippen LogP contribution in [0.3, 0.4) is 0 Å². The van der Waals surface area contributed by atoms with Crippen molar-refractivity contribution < 1.29 is 21.9 Å². The van der Waals surface area contributed by atoms with E-state index in [1.165, 1.54) is 4.57 Å². The van der Waals surface area contributed by atoms with Crippen molar-refractivity contribution in [1.82, 2.24) is 34.4 Å². The zero-order valence-electron chi connectivity index (χ0n) is 18.0. The summed E-state index contributed by atoms with van der Waals surface area (Å²) in [6, 6.07) is -0.628. The minimum Gasteiger partial charge on any atom is -0.370 e. The number of thiol groups is 1. The van der Waals surface area contributed by atoms with Gasteiger partial charge in [0.1, 0.15) is 23.4 Å². The van der Waals surface area contributed by atoms with E-state index in [0.29, 0.717) is 18.9 Å². The van der Waals surface area contributed by atoms with Crippen LogP contribution in [0.2, 0.25) is 0 Å². The summed E-state index contributed by atoms with van der Waals surface area (Å²) in [5, 5.41) is 8.40. The van der Waals surface area contributed by atoms with Gasteiger partial charge in [0.2, 0.25) is 10.9 Å². The van der Waals surface area contributed by atoms with E-state index in [4.69, 9.17) is 4.74 Å². The van der Waals surface area contributed by atoms with Crippen LogP contribution in [0, 0.1) is 18.6 Å². The zero-order valence-corrected chi connectivity index (χ0v) is 18.9. The van der Waals surface area contributed by atoms with E-state index < -0.39 is 40.6 Å². The molecular formula is C20H23F2N7O3S. The third-order valence-electron chi connectivity index (χ3n) is 5.47. The van der Waals surface area contributed by atoms with Gasteiger partial charge in [-0.1, -0.05) is 0 Å². The fraction of sp³-hybridized carbons (Fsp3) is 0.450. The highest BCUT2D eigenvalue weighted by atomic mass is 32.2. The Labute approximate surface area is 190 Å². The second kappa shape index (κ2) is 9.93. The van der Waals surface area contributed by atoms with Crippen molar-refractivity contribution in [2.75, 3.05) is 6.61 Å². The number of ether oxygens (including phenoxy) is 1. The molecular weight excluding hydrogens is 456 g/mol. The number of aryl methyl sites for hydroxylation is 1. The Morgan fingerprint density at radius 2 is 1.88 bits per heavy atom. The fourth-order valence-corrected chi connectivity index (χ4v) is 4.37.